The highest BCUT2D eigenvalue weighted by atomic mass is 32.2. The number of amidine groups is 2. The number of nitrogens with two attached hydrogens (primary N) is 6. The van der Waals surface area contributed by atoms with Crippen molar-refractivity contribution in [1.82, 2.24) is 21.3 Å². The molecular formula is C57H81N17O19S2. The largest absolute Gasteiger partial charge is 0.508 e. The van der Waals surface area contributed by atoms with Crippen LogP contribution >= 0.6 is 23.5 Å². The van der Waals surface area contributed by atoms with Crippen LogP contribution in [0.3, 0.4) is 0 Å². The van der Waals surface area contributed by atoms with Crippen LogP contribution < -0.4 is 66.4 Å². The molecule has 0 spiro atoms. The summed E-state index contributed by atoms with van der Waals surface area (Å²) in [6, 6.07) is 8.75. The number of phenols is 1. The molecule has 6 aliphatic rings. The van der Waals surface area contributed by atoms with Gasteiger partial charge < -0.3 is 139 Å². The van der Waals surface area contributed by atoms with E-state index < -0.39 is 152 Å². The molecule has 0 bridgehead atoms. The number of hydrogen-bond donors (Lipinski definition) is 25. The third-order valence-electron chi connectivity index (χ3n) is 16.1. The maximum atomic E-state index is 13.2. The summed E-state index contributed by atoms with van der Waals surface area (Å²) in [5.41, 5.74) is 35.4. The van der Waals surface area contributed by atoms with Gasteiger partial charge >= 0.3 is 5.97 Å². The number of carbonyl (C=O) groups is 2. The molecule has 19 atom stereocenters. The number of amides is 1. The maximum absolute atomic E-state index is 13.2. The number of carboxylic acids is 1. The van der Waals surface area contributed by atoms with Crippen molar-refractivity contribution >= 4 is 87.6 Å². The molecule has 0 radical (unpaired) electrons. The Kier molecular flexibility index (Phi) is 25.1. The number of fused-ring (bicyclic) bond motifs is 2. The molecule has 1 saturated carbocycles. The van der Waals surface area contributed by atoms with E-state index in [-0.39, 0.29) is 108 Å². The first-order chi connectivity index (χ1) is 45.1. The third-order valence-corrected chi connectivity index (χ3v) is 18.0. The number of aromatic carboxylic acids is 1. The summed E-state index contributed by atoms with van der Waals surface area (Å²) in [6.07, 6.45) is -24.3. The van der Waals surface area contributed by atoms with Crippen molar-refractivity contribution in [1.29, 1.82) is 32.5 Å². The average Bonchev–Trinajstić information content (AvgIpc) is 0.820. The fourth-order valence-corrected chi connectivity index (χ4v) is 13.3. The average molecular weight is 1370 g/mol. The lowest BCUT2D eigenvalue weighted by atomic mass is 9.77. The fraction of sp³-hybridized carbons (Fsp3) is 0.526. The first kappa shape index (κ1) is 72.9. The Balaban J connectivity index is 0.958. The smallest absolute Gasteiger partial charge is 0.336 e. The molecule has 4 heterocycles. The van der Waals surface area contributed by atoms with E-state index in [1.165, 1.54) is 66.0 Å². The lowest BCUT2D eigenvalue weighted by Crippen LogP contribution is -2.69. The molecule has 4 fully saturated rings. The number of carbonyl (C=O) groups excluding carboxylic acids is 1. The van der Waals surface area contributed by atoms with Crippen LogP contribution in [0.4, 0.5) is 5.69 Å². The van der Waals surface area contributed by atoms with Crippen LogP contribution in [0.1, 0.15) is 36.0 Å². The van der Waals surface area contributed by atoms with E-state index in [2.05, 4.69) is 26.6 Å². The van der Waals surface area contributed by atoms with Gasteiger partial charge in [-0.2, -0.15) is 11.8 Å². The summed E-state index contributed by atoms with van der Waals surface area (Å²) in [5.74, 6) is -5.07. The van der Waals surface area contributed by atoms with Crippen LogP contribution in [-0.2, 0) is 38.0 Å². The van der Waals surface area contributed by atoms with E-state index in [1.54, 1.807) is 12.1 Å². The second-order valence-electron chi connectivity index (χ2n) is 23.0. The number of aliphatic hydroxyl groups is 6. The minimum atomic E-state index is -1.84. The van der Waals surface area contributed by atoms with Crippen molar-refractivity contribution in [3.8, 4) is 28.2 Å². The maximum Gasteiger partial charge on any atom is 0.336 e. The number of ether oxygens (including phenoxy) is 7. The quantitative estimate of drug-likeness (QED) is 0.0107. The summed E-state index contributed by atoms with van der Waals surface area (Å²) in [5, 5.41) is 152. The summed E-state index contributed by atoms with van der Waals surface area (Å²) in [4.78, 5) is 38.2. The zero-order valence-electron chi connectivity index (χ0n) is 50.8. The Morgan fingerprint density at radius 2 is 1.24 bits per heavy atom. The molecule has 4 aliphatic heterocycles. The van der Waals surface area contributed by atoms with Crippen molar-refractivity contribution in [2.24, 2.45) is 40.3 Å². The Morgan fingerprint density at radius 1 is 0.632 bits per heavy atom. The fourth-order valence-electron chi connectivity index (χ4n) is 11.8. The number of thioether (sulfide) groups is 2. The van der Waals surface area contributed by atoms with Gasteiger partial charge in [0, 0.05) is 71.0 Å². The Hall–Kier alpha value is -7.93. The number of phenolic OH excluding ortho intramolecular Hbond substituents is 1. The standard InChI is InChI=1S/C57H81N17O19S2/c58-35(59)8-7-30-42(79)44(81)39(73-56(66)67)51(88-30)92-48-34(19-94-11-9-86-10-12-95-20-37(77)71-22-1-4-25(28(15-22)50(84)85)38-26-5-2-23(75)16-31(26)87-32-17-24(76)3-6-27(32)38)90-53(46(48)83)93-49-41(78)21(14-36(60)61)13-29(72-55(64)65)47(49)91-52-40(74-57(68)69)45(82)43(80)33(89-52)18-70-54(62)63/h1-6,15-17,21,29-30,33-34,39-49,51-53,75,78-83H,7-14,18-20H2,(H3,58,59)(H3,60,61)(H,71,77)(H,84,85)(H4,62,63,70)(H4,64,65,72)(H4,66,67,73)(H4,68,69,74)/t21-,29?,30?,33?,34+,39+,40?,41?,42+,43+,44?,45+,46-,47+,48?,49+,51?,52+,53-/m0/s1. The van der Waals surface area contributed by atoms with E-state index in [4.69, 9.17) is 104 Å². The van der Waals surface area contributed by atoms with Gasteiger partial charge in [0.25, 0.3) is 0 Å². The molecule has 38 heteroatoms. The van der Waals surface area contributed by atoms with Gasteiger partial charge in [-0.3, -0.25) is 42.0 Å². The third kappa shape index (κ3) is 18.6. The summed E-state index contributed by atoms with van der Waals surface area (Å²) < 4.78 is 50.0. The van der Waals surface area contributed by atoms with E-state index in [9.17, 15) is 55.2 Å². The monoisotopic (exact) mass is 1370 g/mol. The molecule has 95 heavy (non-hydrogen) atoms. The lowest BCUT2D eigenvalue weighted by molar-refractivity contribution is -0.312. The minimum absolute atomic E-state index is 0.000906. The molecule has 8 rings (SSSR count). The molecule has 2 aromatic carbocycles. The van der Waals surface area contributed by atoms with Crippen molar-refractivity contribution in [2.45, 2.75) is 136 Å². The first-order valence-electron chi connectivity index (χ1n) is 29.8. The van der Waals surface area contributed by atoms with E-state index in [0.29, 0.717) is 28.0 Å². The molecular weight excluding hydrogens is 1290 g/mol. The molecule has 520 valence electrons. The topological polar surface area (TPSA) is 650 Å². The van der Waals surface area contributed by atoms with Crippen LogP contribution in [0.15, 0.2) is 63.8 Å². The van der Waals surface area contributed by atoms with Gasteiger partial charge in [0.05, 0.1) is 60.6 Å². The second kappa shape index (κ2) is 32.7. The Labute approximate surface area is 550 Å². The zero-order chi connectivity index (χ0) is 69.1. The number of anilines is 1. The SMILES string of the molecule is N=C(N)CCC1OC(OC2[C@@H](CSCCOCCSCC(=O)Nc3ccc(-c4c5ccc(=O)cc-5oc5cc(O)ccc45)c(C(=O)O)c3)O[C@@H](O[C@@H]3C(O)[C@H](CC(=N)N)CC(NC(=N)N)[C@H]3O[C@H]3OC(CNC(=N)N)[C@@H](O)[C@H](O)C3NC(=N)N)[C@H]2O)[C@H](NC(=N)N)C(O)[C@@H]1O. The number of benzene rings is 3. The van der Waals surface area contributed by atoms with Gasteiger partial charge in [-0.05, 0) is 60.7 Å². The number of carboxylic acid groups (broad SMARTS) is 1. The van der Waals surface area contributed by atoms with E-state index in [0.717, 1.165) is 0 Å². The van der Waals surface area contributed by atoms with Crippen molar-refractivity contribution in [2.75, 3.05) is 48.1 Å². The van der Waals surface area contributed by atoms with Gasteiger partial charge in [-0.25, -0.2) is 4.79 Å². The predicted octanol–water partition coefficient (Wildman–Crippen LogP) is -4.01. The van der Waals surface area contributed by atoms with E-state index in [1.807, 2.05) is 0 Å². The Morgan fingerprint density at radius 3 is 1.87 bits per heavy atom. The van der Waals surface area contributed by atoms with E-state index >= 15 is 0 Å². The number of rotatable bonds is 29. The molecule has 2 aliphatic carbocycles. The molecule has 2 aromatic rings. The van der Waals surface area contributed by atoms with Crippen molar-refractivity contribution in [3.05, 3.63) is 70.4 Å². The Bertz CT molecular complexity index is 3450. The second-order valence-corrected chi connectivity index (χ2v) is 25.2. The van der Waals surface area contributed by atoms with Crippen LogP contribution in [0, 0.1) is 38.4 Å². The number of nitrogens with one attached hydrogen (secondary N) is 11. The number of guanidine groups is 4. The lowest BCUT2D eigenvalue weighted by Gasteiger charge is -2.49. The highest BCUT2D eigenvalue weighted by molar-refractivity contribution is 8.00. The van der Waals surface area contributed by atoms with Gasteiger partial charge in [-0.15, -0.1) is 11.8 Å². The van der Waals surface area contributed by atoms with Crippen molar-refractivity contribution < 1.29 is 88.0 Å². The predicted molar refractivity (Wildman–Crippen MR) is 346 cm³/mol. The highest BCUT2D eigenvalue weighted by Crippen LogP contribution is 2.43. The van der Waals surface area contributed by atoms with Crippen LogP contribution in [0.25, 0.3) is 33.4 Å². The minimum Gasteiger partial charge on any atom is -0.508 e. The van der Waals surface area contributed by atoms with Crippen LogP contribution in [0.2, 0.25) is 0 Å². The number of hydrogen-bond acceptors (Lipinski definition) is 26. The number of aromatic hydroxyl groups is 1. The number of aliphatic hydroxyl groups excluding tert-OH is 6. The van der Waals surface area contributed by atoms with Crippen LogP contribution in [-0.4, -0.2) is 241 Å². The molecule has 0 aromatic heterocycles. The molecule has 1 amide bonds. The van der Waals surface area contributed by atoms with Gasteiger partial charge in [0.1, 0.15) is 84.1 Å². The van der Waals surface area contributed by atoms with Gasteiger partial charge in [0.15, 0.2) is 48.1 Å². The van der Waals surface area contributed by atoms with Crippen molar-refractivity contribution in [3.63, 3.8) is 0 Å². The summed E-state index contributed by atoms with van der Waals surface area (Å²) in [6.45, 7) is -0.0123. The molecule has 3 saturated heterocycles. The van der Waals surface area contributed by atoms with Gasteiger partial charge in [0.2, 0.25) is 5.91 Å². The summed E-state index contributed by atoms with van der Waals surface area (Å²) in [7, 11) is 0. The highest BCUT2D eigenvalue weighted by Gasteiger charge is 2.56. The van der Waals surface area contributed by atoms with Crippen LogP contribution in [0.5, 0.6) is 5.75 Å². The van der Waals surface area contributed by atoms with Gasteiger partial charge in [-0.1, -0.05) is 6.07 Å². The molecule has 36 nitrogen and oxygen atoms in total. The first-order valence-corrected chi connectivity index (χ1v) is 32.1. The summed E-state index contributed by atoms with van der Waals surface area (Å²) >= 11 is 2.50. The zero-order valence-corrected chi connectivity index (χ0v) is 52.4. The molecule has 8 unspecified atom stereocenters. The molecule has 31 N–H and O–H groups in total. The normalized spacial score (nSPS) is 29.9.